The van der Waals surface area contributed by atoms with Gasteiger partial charge in [-0.25, -0.2) is 4.39 Å². The lowest BCUT2D eigenvalue weighted by molar-refractivity contribution is 0.0683. The smallest absolute Gasteiger partial charge is 0.253 e. The molecule has 0 bridgehead atoms. The first-order valence-electron chi connectivity index (χ1n) is 7.84. The molecule has 3 aromatic rings. The van der Waals surface area contributed by atoms with E-state index in [9.17, 15) is 9.18 Å². The van der Waals surface area contributed by atoms with E-state index in [0.717, 1.165) is 0 Å². The van der Waals surface area contributed by atoms with Crippen molar-refractivity contribution in [1.82, 2.24) is 20.4 Å². The average Bonchev–Trinajstić information content (AvgIpc) is 3.08. The third kappa shape index (κ3) is 3.97. The predicted octanol–water partition coefficient (Wildman–Crippen LogP) is 2.78. The standard InChI is InChI=1S/C17H17FN4O3/c1-3-24-10(2)16-21-15(25-22-16)9-20-17(23)12-6-11-7-13(18)4-5-14(11)19-8-12/h4-8,10H,3,9H2,1-2H3,(H,20,23)/t10-/m1/s1. The Morgan fingerprint density at radius 1 is 1.40 bits per heavy atom. The summed E-state index contributed by atoms with van der Waals surface area (Å²) in [4.78, 5) is 20.6. The Labute approximate surface area is 143 Å². The zero-order chi connectivity index (χ0) is 17.8. The summed E-state index contributed by atoms with van der Waals surface area (Å²) in [5, 5.41) is 7.04. The van der Waals surface area contributed by atoms with Crippen LogP contribution >= 0.6 is 0 Å². The van der Waals surface area contributed by atoms with Crippen LogP contribution in [0.4, 0.5) is 4.39 Å². The number of ether oxygens (including phenoxy) is 1. The first-order valence-corrected chi connectivity index (χ1v) is 7.84. The van der Waals surface area contributed by atoms with E-state index in [4.69, 9.17) is 9.26 Å². The highest BCUT2D eigenvalue weighted by Gasteiger charge is 2.15. The summed E-state index contributed by atoms with van der Waals surface area (Å²) in [5.74, 6) is -0.0476. The first kappa shape index (κ1) is 17.0. The number of carbonyl (C=O) groups excluding carboxylic acids is 1. The van der Waals surface area contributed by atoms with E-state index in [0.29, 0.717) is 28.9 Å². The molecule has 0 aliphatic heterocycles. The molecule has 130 valence electrons. The number of benzene rings is 1. The number of hydrogen-bond donors (Lipinski definition) is 1. The van der Waals surface area contributed by atoms with Crippen LogP contribution in [-0.2, 0) is 11.3 Å². The molecule has 7 nitrogen and oxygen atoms in total. The van der Waals surface area contributed by atoms with Gasteiger partial charge in [0, 0.05) is 18.2 Å². The SMILES string of the molecule is CCO[C@H](C)c1noc(CNC(=O)c2cnc3ccc(F)cc3c2)n1. The van der Waals surface area contributed by atoms with Crippen molar-refractivity contribution in [3.8, 4) is 0 Å². The van der Waals surface area contributed by atoms with Crippen molar-refractivity contribution >= 4 is 16.8 Å². The zero-order valence-electron chi connectivity index (χ0n) is 13.8. The molecule has 3 rings (SSSR count). The van der Waals surface area contributed by atoms with Crippen molar-refractivity contribution in [2.24, 2.45) is 0 Å². The van der Waals surface area contributed by atoms with Crippen molar-refractivity contribution in [3.63, 3.8) is 0 Å². The molecule has 0 aliphatic carbocycles. The molecule has 1 atom stereocenters. The molecule has 2 aromatic heterocycles. The summed E-state index contributed by atoms with van der Waals surface area (Å²) >= 11 is 0. The van der Waals surface area contributed by atoms with Crippen molar-refractivity contribution in [2.75, 3.05) is 6.61 Å². The maximum absolute atomic E-state index is 13.3. The molecule has 0 fully saturated rings. The minimum absolute atomic E-state index is 0.0753. The molecule has 1 N–H and O–H groups in total. The second-order valence-electron chi connectivity index (χ2n) is 5.39. The van der Waals surface area contributed by atoms with Gasteiger partial charge < -0.3 is 14.6 Å². The molecule has 0 unspecified atom stereocenters. The highest BCUT2D eigenvalue weighted by Crippen LogP contribution is 2.15. The monoisotopic (exact) mass is 344 g/mol. The summed E-state index contributed by atoms with van der Waals surface area (Å²) in [6.07, 6.45) is 1.16. The van der Waals surface area contributed by atoms with Gasteiger partial charge in [-0.15, -0.1) is 0 Å². The van der Waals surface area contributed by atoms with Crippen LogP contribution in [0.15, 0.2) is 35.0 Å². The number of fused-ring (bicyclic) bond motifs is 1. The molecule has 0 radical (unpaired) electrons. The minimum Gasteiger partial charge on any atom is -0.371 e. The maximum Gasteiger partial charge on any atom is 0.253 e. The van der Waals surface area contributed by atoms with Crippen LogP contribution in [0.25, 0.3) is 10.9 Å². The lowest BCUT2D eigenvalue weighted by Gasteiger charge is -2.05. The Hall–Kier alpha value is -2.87. The largest absolute Gasteiger partial charge is 0.371 e. The van der Waals surface area contributed by atoms with Gasteiger partial charge in [0.2, 0.25) is 5.89 Å². The van der Waals surface area contributed by atoms with Crippen molar-refractivity contribution < 1.29 is 18.4 Å². The first-order chi connectivity index (χ1) is 12.1. The Morgan fingerprint density at radius 2 is 2.24 bits per heavy atom. The second-order valence-corrected chi connectivity index (χ2v) is 5.39. The molecule has 0 saturated heterocycles. The van der Waals surface area contributed by atoms with Crippen LogP contribution in [0.3, 0.4) is 0 Å². The van der Waals surface area contributed by atoms with Crippen LogP contribution in [-0.4, -0.2) is 27.6 Å². The summed E-state index contributed by atoms with van der Waals surface area (Å²) in [7, 11) is 0. The highest BCUT2D eigenvalue weighted by molar-refractivity contribution is 5.97. The number of halogens is 1. The molecule has 0 aliphatic rings. The van der Waals surface area contributed by atoms with Gasteiger partial charge in [-0.3, -0.25) is 9.78 Å². The third-order valence-electron chi connectivity index (χ3n) is 3.57. The van der Waals surface area contributed by atoms with E-state index in [-0.39, 0.29) is 30.3 Å². The number of carbonyl (C=O) groups is 1. The van der Waals surface area contributed by atoms with Gasteiger partial charge in [0.1, 0.15) is 11.9 Å². The summed E-state index contributed by atoms with van der Waals surface area (Å²) in [6, 6.07) is 5.80. The van der Waals surface area contributed by atoms with E-state index in [1.807, 2.05) is 13.8 Å². The maximum atomic E-state index is 13.3. The summed E-state index contributed by atoms with van der Waals surface area (Å²) in [6.45, 7) is 4.31. The van der Waals surface area contributed by atoms with Gasteiger partial charge in [0.25, 0.3) is 5.91 Å². The van der Waals surface area contributed by atoms with Gasteiger partial charge >= 0.3 is 0 Å². The number of rotatable bonds is 6. The van der Waals surface area contributed by atoms with Crippen LogP contribution in [0.2, 0.25) is 0 Å². The number of hydrogen-bond acceptors (Lipinski definition) is 6. The van der Waals surface area contributed by atoms with Crippen LogP contribution in [0.5, 0.6) is 0 Å². The lowest BCUT2D eigenvalue weighted by atomic mass is 10.1. The fourth-order valence-corrected chi connectivity index (χ4v) is 2.31. The molecule has 8 heteroatoms. The zero-order valence-corrected chi connectivity index (χ0v) is 13.8. The van der Waals surface area contributed by atoms with Crippen molar-refractivity contribution in [1.29, 1.82) is 0 Å². The van der Waals surface area contributed by atoms with E-state index in [1.54, 1.807) is 12.1 Å². The Balaban J connectivity index is 1.66. The molecule has 0 saturated carbocycles. The van der Waals surface area contributed by atoms with Crippen molar-refractivity contribution in [2.45, 2.75) is 26.5 Å². The number of nitrogens with one attached hydrogen (secondary N) is 1. The Bertz CT molecular complexity index is 896. The third-order valence-corrected chi connectivity index (χ3v) is 3.57. The van der Waals surface area contributed by atoms with Gasteiger partial charge in [-0.05, 0) is 38.1 Å². The van der Waals surface area contributed by atoms with Crippen LogP contribution in [0, 0.1) is 5.82 Å². The molecular weight excluding hydrogens is 327 g/mol. The van der Waals surface area contributed by atoms with Gasteiger partial charge in [-0.1, -0.05) is 5.16 Å². The second kappa shape index (κ2) is 7.35. The molecule has 25 heavy (non-hydrogen) atoms. The fourth-order valence-electron chi connectivity index (χ4n) is 2.31. The van der Waals surface area contributed by atoms with Gasteiger partial charge in [0.05, 0.1) is 17.6 Å². The molecular formula is C17H17FN4O3. The van der Waals surface area contributed by atoms with Gasteiger partial charge in [0.15, 0.2) is 5.82 Å². The molecule has 1 aromatic carbocycles. The molecule has 0 spiro atoms. The normalized spacial score (nSPS) is 12.3. The average molecular weight is 344 g/mol. The number of aromatic nitrogens is 3. The molecule has 1 amide bonds. The van der Waals surface area contributed by atoms with E-state index >= 15 is 0 Å². The van der Waals surface area contributed by atoms with Crippen LogP contribution in [0.1, 0.15) is 42.0 Å². The topological polar surface area (TPSA) is 90.1 Å². The van der Waals surface area contributed by atoms with E-state index < -0.39 is 0 Å². The quantitative estimate of drug-likeness (QED) is 0.739. The van der Waals surface area contributed by atoms with Gasteiger partial charge in [-0.2, -0.15) is 4.98 Å². The minimum atomic E-state index is -0.381. The Kier molecular flexibility index (Phi) is 4.99. The number of nitrogens with zero attached hydrogens (tertiary/aromatic N) is 3. The van der Waals surface area contributed by atoms with E-state index in [2.05, 4.69) is 20.4 Å². The number of pyridine rings is 1. The summed E-state index contributed by atoms with van der Waals surface area (Å²) < 4.78 is 23.8. The van der Waals surface area contributed by atoms with E-state index in [1.165, 1.54) is 18.3 Å². The number of amides is 1. The van der Waals surface area contributed by atoms with Crippen molar-refractivity contribution in [3.05, 3.63) is 53.6 Å². The highest BCUT2D eigenvalue weighted by atomic mass is 19.1. The van der Waals surface area contributed by atoms with Crippen LogP contribution < -0.4 is 5.32 Å². The lowest BCUT2D eigenvalue weighted by Crippen LogP contribution is -2.23. The predicted molar refractivity (Wildman–Crippen MR) is 87.2 cm³/mol. The Morgan fingerprint density at radius 3 is 3.04 bits per heavy atom. The summed E-state index contributed by atoms with van der Waals surface area (Å²) in [5.41, 5.74) is 0.935. The molecule has 2 heterocycles. The fraction of sp³-hybridized carbons (Fsp3) is 0.294.